The van der Waals surface area contributed by atoms with E-state index in [1.165, 1.54) is 18.4 Å². The van der Waals surface area contributed by atoms with E-state index in [1.54, 1.807) is 13.0 Å². The van der Waals surface area contributed by atoms with Crippen LogP contribution in [0, 0.1) is 13.8 Å². The summed E-state index contributed by atoms with van der Waals surface area (Å²) >= 11 is 0. The van der Waals surface area contributed by atoms with Crippen molar-refractivity contribution >= 4 is 11.7 Å². The van der Waals surface area contributed by atoms with Crippen LogP contribution in [0.1, 0.15) is 37.0 Å². The zero-order valence-electron chi connectivity index (χ0n) is 14.4. The molecule has 3 heterocycles. The first-order valence-electron chi connectivity index (χ1n) is 8.56. The van der Waals surface area contributed by atoms with Crippen LogP contribution in [-0.2, 0) is 11.3 Å². The number of hydrogen-bond acceptors (Lipinski definition) is 5. The van der Waals surface area contributed by atoms with Crippen LogP contribution in [-0.4, -0.2) is 44.9 Å². The number of amides is 1. The molecule has 0 spiro atoms. The van der Waals surface area contributed by atoms with Crippen LogP contribution in [0.5, 0.6) is 0 Å². The Morgan fingerprint density at radius 2 is 2.29 bits per heavy atom. The van der Waals surface area contributed by atoms with Crippen molar-refractivity contribution in [3.63, 3.8) is 0 Å². The number of anilines is 1. The fourth-order valence-electron chi connectivity index (χ4n) is 3.22. The summed E-state index contributed by atoms with van der Waals surface area (Å²) in [5.41, 5.74) is 1.18. The van der Waals surface area contributed by atoms with E-state index in [0.29, 0.717) is 24.0 Å². The molecule has 0 bridgehead atoms. The highest BCUT2D eigenvalue weighted by Crippen LogP contribution is 2.19. The van der Waals surface area contributed by atoms with E-state index < -0.39 is 0 Å². The van der Waals surface area contributed by atoms with E-state index in [-0.39, 0.29) is 5.91 Å². The molecule has 3 rings (SSSR count). The Kier molecular flexibility index (Phi) is 5.30. The number of aromatic nitrogens is 3. The molecular formula is C17H25N5O2. The predicted molar refractivity (Wildman–Crippen MR) is 90.7 cm³/mol. The quantitative estimate of drug-likeness (QED) is 0.879. The van der Waals surface area contributed by atoms with E-state index >= 15 is 0 Å². The van der Waals surface area contributed by atoms with Gasteiger partial charge in [0.15, 0.2) is 5.82 Å². The Balaban J connectivity index is 1.50. The minimum absolute atomic E-state index is 0.0254. The minimum atomic E-state index is -0.0254. The van der Waals surface area contributed by atoms with Gasteiger partial charge in [-0.2, -0.15) is 5.10 Å². The number of piperidine rings is 1. The Bertz CT molecular complexity index is 678. The summed E-state index contributed by atoms with van der Waals surface area (Å²) in [6.07, 6.45) is 8.01. The maximum absolute atomic E-state index is 12.1. The van der Waals surface area contributed by atoms with Crippen molar-refractivity contribution in [1.29, 1.82) is 0 Å². The van der Waals surface area contributed by atoms with Gasteiger partial charge in [0, 0.05) is 31.3 Å². The third-order valence-corrected chi connectivity index (χ3v) is 4.43. The average Bonchev–Trinajstić information content (AvgIpc) is 3.15. The number of rotatable bonds is 6. The standard InChI is InChI=1S/C17H25N5O2/c1-13-10-18-22(11-13)12-15-5-3-4-7-21(15)8-6-17(23)19-16-9-14(2)24-20-16/h9-11,15H,3-8,12H2,1-2H3,(H,19,20,23)/t15-/m0/s1. The molecule has 1 aliphatic rings. The molecule has 7 heteroatoms. The van der Waals surface area contributed by atoms with Crippen LogP contribution in [0.4, 0.5) is 5.82 Å². The molecule has 2 aromatic rings. The van der Waals surface area contributed by atoms with Crippen molar-refractivity contribution in [2.75, 3.05) is 18.4 Å². The molecule has 7 nitrogen and oxygen atoms in total. The fourth-order valence-corrected chi connectivity index (χ4v) is 3.22. The van der Waals surface area contributed by atoms with Crippen molar-refractivity contribution in [3.05, 3.63) is 29.8 Å². The summed E-state index contributed by atoms with van der Waals surface area (Å²) in [7, 11) is 0. The van der Waals surface area contributed by atoms with E-state index in [0.717, 1.165) is 26.1 Å². The monoisotopic (exact) mass is 331 g/mol. The minimum Gasteiger partial charge on any atom is -0.360 e. The summed E-state index contributed by atoms with van der Waals surface area (Å²) in [6.45, 7) is 6.54. The smallest absolute Gasteiger partial charge is 0.226 e. The fraction of sp³-hybridized carbons (Fsp3) is 0.588. The third-order valence-electron chi connectivity index (χ3n) is 4.43. The molecule has 0 unspecified atom stereocenters. The van der Waals surface area contributed by atoms with Crippen LogP contribution in [0.15, 0.2) is 23.0 Å². The first kappa shape index (κ1) is 16.7. The second kappa shape index (κ2) is 7.61. The highest BCUT2D eigenvalue weighted by atomic mass is 16.5. The highest BCUT2D eigenvalue weighted by molar-refractivity contribution is 5.89. The van der Waals surface area contributed by atoms with Crippen molar-refractivity contribution < 1.29 is 9.32 Å². The van der Waals surface area contributed by atoms with E-state index in [4.69, 9.17) is 4.52 Å². The van der Waals surface area contributed by atoms with E-state index in [2.05, 4.69) is 33.6 Å². The number of carbonyl (C=O) groups excluding carboxylic acids is 1. The molecule has 0 radical (unpaired) electrons. The number of nitrogens with zero attached hydrogens (tertiary/aromatic N) is 4. The number of aryl methyl sites for hydroxylation is 2. The van der Waals surface area contributed by atoms with Gasteiger partial charge in [0.1, 0.15) is 5.76 Å². The zero-order valence-corrected chi connectivity index (χ0v) is 14.4. The second-order valence-corrected chi connectivity index (χ2v) is 6.55. The van der Waals surface area contributed by atoms with Gasteiger partial charge >= 0.3 is 0 Å². The molecule has 1 N–H and O–H groups in total. The van der Waals surface area contributed by atoms with Crippen molar-refractivity contribution in [2.24, 2.45) is 0 Å². The Morgan fingerprint density at radius 1 is 1.42 bits per heavy atom. The van der Waals surface area contributed by atoms with Gasteiger partial charge in [0.25, 0.3) is 0 Å². The first-order chi connectivity index (χ1) is 11.6. The molecule has 1 saturated heterocycles. The van der Waals surface area contributed by atoms with E-state index in [1.807, 2.05) is 10.9 Å². The molecule has 0 saturated carbocycles. The van der Waals surface area contributed by atoms with Gasteiger partial charge in [-0.1, -0.05) is 11.6 Å². The number of carbonyl (C=O) groups is 1. The van der Waals surface area contributed by atoms with Gasteiger partial charge in [0.05, 0.1) is 12.7 Å². The van der Waals surface area contributed by atoms with Gasteiger partial charge in [-0.15, -0.1) is 0 Å². The van der Waals surface area contributed by atoms with Gasteiger partial charge in [-0.25, -0.2) is 0 Å². The lowest BCUT2D eigenvalue weighted by Gasteiger charge is -2.35. The lowest BCUT2D eigenvalue weighted by molar-refractivity contribution is -0.116. The van der Waals surface area contributed by atoms with Crippen LogP contribution in [0.3, 0.4) is 0 Å². The molecule has 1 atom stereocenters. The summed E-state index contributed by atoms with van der Waals surface area (Å²) in [4.78, 5) is 14.5. The number of likely N-dealkylation sites (tertiary alicyclic amines) is 1. The summed E-state index contributed by atoms with van der Waals surface area (Å²) in [6, 6.07) is 2.17. The molecule has 0 aliphatic carbocycles. The molecule has 1 aliphatic heterocycles. The maximum Gasteiger partial charge on any atom is 0.226 e. The Hall–Kier alpha value is -2.15. The lowest BCUT2D eigenvalue weighted by atomic mass is 10.0. The number of hydrogen-bond donors (Lipinski definition) is 1. The molecule has 2 aromatic heterocycles. The van der Waals surface area contributed by atoms with Gasteiger partial charge in [0.2, 0.25) is 5.91 Å². The summed E-state index contributed by atoms with van der Waals surface area (Å²) in [5, 5.41) is 11.0. The van der Waals surface area contributed by atoms with Gasteiger partial charge in [-0.3, -0.25) is 14.4 Å². The molecule has 24 heavy (non-hydrogen) atoms. The van der Waals surface area contributed by atoms with Gasteiger partial charge < -0.3 is 9.84 Å². The van der Waals surface area contributed by atoms with Gasteiger partial charge in [-0.05, 0) is 38.8 Å². The van der Waals surface area contributed by atoms with Crippen molar-refractivity contribution in [3.8, 4) is 0 Å². The topological polar surface area (TPSA) is 76.2 Å². The molecular weight excluding hydrogens is 306 g/mol. The van der Waals surface area contributed by atoms with Crippen LogP contribution >= 0.6 is 0 Å². The zero-order chi connectivity index (χ0) is 16.9. The maximum atomic E-state index is 12.1. The highest BCUT2D eigenvalue weighted by Gasteiger charge is 2.23. The van der Waals surface area contributed by atoms with E-state index in [9.17, 15) is 4.79 Å². The summed E-state index contributed by atoms with van der Waals surface area (Å²) in [5.74, 6) is 1.15. The molecule has 1 amide bonds. The first-order valence-corrected chi connectivity index (χ1v) is 8.56. The normalized spacial score (nSPS) is 18.7. The van der Waals surface area contributed by atoms with Crippen LogP contribution in [0.2, 0.25) is 0 Å². The third kappa shape index (κ3) is 4.44. The summed E-state index contributed by atoms with van der Waals surface area (Å²) < 4.78 is 6.97. The Morgan fingerprint density at radius 3 is 3.00 bits per heavy atom. The SMILES string of the molecule is Cc1cnn(C[C@@H]2CCCCN2CCC(=O)Nc2cc(C)on2)c1. The van der Waals surface area contributed by atoms with Crippen molar-refractivity contribution in [2.45, 2.75) is 52.1 Å². The molecule has 0 aromatic carbocycles. The Labute approximate surface area is 142 Å². The number of nitrogens with one attached hydrogen (secondary N) is 1. The largest absolute Gasteiger partial charge is 0.360 e. The average molecular weight is 331 g/mol. The van der Waals surface area contributed by atoms with Crippen molar-refractivity contribution in [1.82, 2.24) is 19.8 Å². The second-order valence-electron chi connectivity index (χ2n) is 6.55. The van der Waals surface area contributed by atoms with Crippen LogP contribution in [0.25, 0.3) is 0 Å². The molecule has 130 valence electrons. The van der Waals surface area contributed by atoms with Crippen LogP contribution < -0.4 is 5.32 Å². The lowest BCUT2D eigenvalue weighted by Crippen LogP contribution is -2.43. The predicted octanol–water partition coefficient (Wildman–Crippen LogP) is 2.37. The molecule has 1 fully saturated rings.